The maximum absolute atomic E-state index is 12.5. The van der Waals surface area contributed by atoms with Crippen molar-refractivity contribution in [2.24, 2.45) is 5.92 Å². The molecule has 0 aromatic heterocycles. The molecular weight excluding hydrogens is 245 g/mol. The van der Waals surface area contributed by atoms with Gasteiger partial charge in [0.25, 0.3) is 0 Å². The van der Waals surface area contributed by atoms with Gasteiger partial charge in [0, 0.05) is 12.2 Å². The molecule has 3 nitrogen and oxygen atoms in total. The number of rotatable bonds is 1. The molecule has 0 amide bonds. The van der Waals surface area contributed by atoms with Crippen LogP contribution in [-0.2, 0) is 11.0 Å². The van der Waals surface area contributed by atoms with E-state index in [1.807, 2.05) is 6.07 Å². The van der Waals surface area contributed by atoms with Crippen molar-refractivity contribution in [2.75, 3.05) is 18.0 Å². The highest BCUT2D eigenvalue weighted by Crippen LogP contribution is 2.32. The fraction of sp³-hybridized carbons (Fsp3) is 0.333. The molecule has 1 aromatic carbocycles. The molecule has 0 radical (unpaired) electrons. The lowest BCUT2D eigenvalue weighted by atomic mass is 10.1. The van der Waals surface area contributed by atoms with E-state index >= 15 is 0 Å². The third kappa shape index (κ3) is 2.30. The zero-order valence-electron chi connectivity index (χ0n) is 9.24. The van der Waals surface area contributed by atoms with E-state index in [0.717, 1.165) is 12.1 Å². The number of carbonyl (C=O) groups is 1. The van der Waals surface area contributed by atoms with Crippen LogP contribution in [0.5, 0.6) is 0 Å². The average Bonchev–Trinajstić information content (AvgIpc) is 2.70. The molecule has 1 heterocycles. The van der Waals surface area contributed by atoms with Gasteiger partial charge in [0.05, 0.1) is 18.2 Å². The predicted octanol–water partition coefficient (Wildman–Crippen LogP) is 2.23. The van der Waals surface area contributed by atoms with Crippen LogP contribution < -0.4 is 4.90 Å². The highest BCUT2D eigenvalue weighted by Gasteiger charge is 2.33. The van der Waals surface area contributed by atoms with Crippen LogP contribution in [0.15, 0.2) is 24.3 Å². The Labute approximate surface area is 101 Å². The van der Waals surface area contributed by atoms with Gasteiger partial charge in [-0.2, -0.15) is 18.4 Å². The van der Waals surface area contributed by atoms with Gasteiger partial charge in [-0.15, -0.1) is 0 Å². The Morgan fingerprint density at radius 2 is 2.11 bits per heavy atom. The fourth-order valence-electron chi connectivity index (χ4n) is 1.87. The quantitative estimate of drug-likeness (QED) is 0.772. The van der Waals surface area contributed by atoms with Gasteiger partial charge in [0.1, 0.15) is 5.92 Å². The van der Waals surface area contributed by atoms with Gasteiger partial charge in [-0.25, -0.2) is 0 Å². The number of nitriles is 1. The fourth-order valence-corrected chi connectivity index (χ4v) is 1.87. The first-order valence-electron chi connectivity index (χ1n) is 5.26. The highest BCUT2D eigenvalue weighted by molar-refractivity contribution is 5.91. The summed E-state index contributed by atoms with van der Waals surface area (Å²) in [6.45, 7) is 0.135. The lowest BCUT2D eigenvalue weighted by molar-refractivity contribution is -0.137. The van der Waals surface area contributed by atoms with Crippen molar-refractivity contribution in [3.63, 3.8) is 0 Å². The lowest BCUT2D eigenvalue weighted by Gasteiger charge is -2.18. The van der Waals surface area contributed by atoms with Crippen LogP contribution >= 0.6 is 0 Å². The number of alkyl halides is 3. The van der Waals surface area contributed by atoms with Crippen molar-refractivity contribution >= 4 is 11.5 Å². The molecule has 0 spiro atoms. The van der Waals surface area contributed by atoms with Crippen LogP contribution in [0, 0.1) is 17.2 Å². The summed E-state index contributed by atoms with van der Waals surface area (Å²) in [5, 5.41) is 8.71. The summed E-state index contributed by atoms with van der Waals surface area (Å²) in [6, 6.07) is 6.61. The number of hydrogen-bond acceptors (Lipinski definition) is 3. The van der Waals surface area contributed by atoms with Crippen LogP contribution in [-0.4, -0.2) is 18.9 Å². The summed E-state index contributed by atoms with van der Waals surface area (Å²) < 4.78 is 37.6. The number of ketones is 1. The monoisotopic (exact) mass is 254 g/mol. The van der Waals surface area contributed by atoms with E-state index in [-0.39, 0.29) is 18.9 Å². The number of anilines is 1. The molecule has 1 fully saturated rings. The number of carbonyl (C=O) groups excluding carboxylic acids is 1. The van der Waals surface area contributed by atoms with Crippen molar-refractivity contribution in [3.8, 4) is 6.07 Å². The van der Waals surface area contributed by atoms with Crippen LogP contribution in [0.4, 0.5) is 18.9 Å². The molecule has 0 unspecified atom stereocenters. The molecule has 0 saturated carbocycles. The Hall–Kier alpha value is -2.03. The van der Waals surface area contributed by atoms with Crippen molar-refractivity contribution in [1.82, 2.24) is 0 Å². The van der Waals surface area contributed by atoms with Crippen molar-refractivity contribution in [2.45, 2.75) is 6.18 Å². The van der Waals surface area contributed by atoms with E-state index in [9.17, 15) is 18.0 Å². The maximum Gasteiger partial charge on any atom is 0.416 e. The Bertz CT molecular complexity index is 519. The number of halogens is 3. The first-order chi connectivity index (χ1) is 8.41. The molecule has 1 saturated heterocycles. The SMILES string of the molecule is N#C[C@@H]1CN(c2cccc(C(F)(F)F)c2)CC1=O. The minimum atomic E-state index is -4.41. The predicted molar refractivity (Wildman–Crippen MR) is 57.8 cm³/mol. The highest BCUT2D eigenvalue weighted by atomic mass is 19.4. The molecule has 1 aromatic rings. The Balaban J connectivity index is 2.26. The first kappa shape index (κ1) is 12.4. The van der Waals surface area contributed by atoms with Gasteiger partial charge in [0.2, 0.25) is 0 Å². The second kappa shape index (κ2) is 4.33. The molecule has 1 aliphatic rings. The van der Waals surface area contributed by atoms with Crippen LogP contribution in [0.2, 0.25) is 0 Å². The van der Waals surface area contributed by atoms with Crippen LogP contribution in [0.3, 0.4) is 0 Å². The topological polar surface area (TPSA) is 44.1 Å². The largest absolute Gasteiger partial charge is 0.416 e. The lowest BCUT2D eigenvalue weighted by Crippen LogP contribution is -2.20. The smallest absolute Gasteiger partial charge is 0.362 e. The minimum absolute atomic E-state index is 0.0143. The zero-order valence-corrected chi connectivity index (χ0v) is 9.24. The molecule has 6 heteroatoms. The van der Waals surface area contributed by atoms with E-state index in [1.165, 1.54) is 17.0 Å². The van der Waals surface area contributed by atoms with Crippen molar-refractivity contribution in [1.29, 1.82) is 5.26 Å². The number of hydrogen-bond donors (Lipinski definition) is 0. The summed E-state index contributed by atoms with van der Waals surface area (Å²) in [6.07, 6.45) is -4.41. The van der Waals surface area contributed by atoms with E-state index in [1.54, 1.807) is 0 Å². The van der Waals surface area contributed by atoms with Crippen LogP contribution in [0.25, 0.3) is 0 Å². The average molecular weight is 254 g/mol. The summed E-state index contributed by atoms with van der Waals surface area (Å²) in [5.74, 6) is -1.01. The van der Waals surface area contributed by atoms with Crippen molar-refractivity contribution < 1.29 is 18.0 Å². The minimum Gasteiger partial charge on any atom is -0.362 e. The first-order valence-corrected chi connectivity index (χ1v) is 5.26. The molecule has 2 rings (SSSR count). The Morgan fingerprint density at radius 3 is 2.67 bits per heavy atom. The van der Waals surface area contributed by atoms with Crippen LogP contribution in [0.1, 0.15) is 5.56 Å². The molecule has 94 valence electrons. The second-order valence-corrected chi connectivity index (χ2v) is 4.08. The van der Waals surface area contributed by atoms with Gasteiger partial charge in [0.15, 0.2) is 5.78 Å². The van der Waals surface area contributed by atoms with E-state index in [0.29, 0.717) is 5.69 Å². The van der Waals surface area contributed by atoms with Gasteiger partial charge in [-0.1, -0.05) is 6.07 Å². The summed E-state index contributed by atoms with van der Waals surface area (Å²) in [4.78, 5) is 12.9. The molecule has 1 aliphatic heterocycles. The van der Waals surface area contributed by atoms with Gasteiger partial charge < -0.3 is 4.90 Å². The van der Waals surface area contributed by atoms with Crippen molar-refractivity contribution in [3.05, 3.63) is 29.8 Å². The number of nitrogens with zero attached hydrogens (tertiary/aromatic N) is 2. The Morgan fingerprint density at radius 1 is 1.39 bits per heavy atom. The standard InChI is InChI=1S/C12H9F3N2O/c13-12(14,15)9-2-1-3-10(4-9)17-6-8(5-16)11(18)7-17/h1-4,8H,6-7H2/t8-/m1/s1. The zero-order chi connectivity index (χ0) is 13.3. The summed E-state index contributed by atoms with van der Waals surface area (Å²) in [7, 11) is 0. The normalized spacial score (nSPS) is 20.0. The summed E-state index contributed by atoms with van der Waals surface area (Å²) in [5.41, 5.74) is -0.441. The third-order valence-electron chi connectivity index (χ3n) is 2.83. The summed E-state index contributed by atoms with van der Waals surface area (Å²) >= 11 is 0. The molecule has 1 atom stereocenters. The number of Topliss-reactive ketones (excluding diaryl/α,β-unsaturated/α-hetero) is 1. The maximum atomic E-state index is 12.5. The third-order valence-corrected chi connectivity index (χ3v) is 2.83. The molecular formula is C12H9F3N2O. The second-order valence-electron chi connectivity index (χ2n) is 4.08. The number of benzene rings is 1. The van der Waals surface area contributed by atoms with Gasteiger partial charge >= 0.3 is 6.18 Å². The Kier molecular flexibility index (Phi) is 2.99. The molecule has 0 bridgehead atoms. The van der Waals surface area contributed by atoms with E-state index in [2.05, 4.69) is 0 Å². The molecule has 0 N–H and O–H groups in total. The van der Waals surface area contributed by atoms with E-state index in [4.69, 9.17) is 5.26 Å². The van der Waals surface area contributed by atoms with E-state index < -0.39 is 17.7 Å². The molecule has 18 heavy (non-hydrogen) atoms. The van der Waals surface area contributed by atoms with Gasteiger partial charge in [-0.05, 0) is 18.2 Å². The molecule has 0 aliphatic carbocycles. The van der Waals surface area contributed by atoms with Gasteiger partial charge in [-0.3, -0.25) is 4.79 Å².